The van der Waals surface area contributed by atoms with Crippen molar-refractivity contribution in [1.29, 1.82) is 0 Å². The predicted octanol–water partition coefficient (Wildman–Crippen LogP) is 3.90. The number of aromatic nitrogens is 1. The molecule has 0 bridgehead atoms. The molecule has 0 saturated carbocycles. The molecule has 17 heavy (non-hydrogen) atoms. The van der Waals surface area contributed by atoms with Gasteiger partial charge in [0, 0.05) is 13.1 Å². The Bertz CT molecular complexity index is 538. The minimum absolute atomic E-state index is 1.17. The second-order valence-electron chi connectivity index (χ2n) is 4.97. The summed E-state index contributed by atoms with van der Waals surface area (Å²) in [5.41, 5.74) is 3.85. The van der Waals surface area contributed by atoms with Gasteiger partial charge in [-0.2, -0.15) is 0 Å². The molecule has 0 atom stereocenters. The van der Waals surface area contributed by atoms with Gasteiger partial charge in [-0.1, -0.05) is 17.4 Å². The Hall–Kier alpha value is -1.09. The molecule has 2 nitrogen and oxygen atoms in total. The van der Waals surface area contributed by atoms with Crippen molar-refractivity contribution < 1.29 is 0 Å². The van der Waals surface area contributed by atoms with E-state index in [1.807, 2.05) is 11.3 Å². The lowest BCUT2D eigenvalue weighted by molar-refractivity contribution is 0.577. The smallest absolute Gasteiger partial charge is 0.186 e. The van der Waals surface area contributed by atoms with E-state index in [0.29, 0.717) is 0 Å². The molecule has 1 aliphatic heterocycles. The van der Waals surface area contributed by atoms with Crippen LogP contribution in [0.2, 0.25) is 0 Å². The van der Waals surface area contributed by atoms with Crippen LogP contribution in [0.15, 0.2) is 12.1 Å². The Balaban J connectivity index is 2.03. The summed E-state index contributed by atoms with van der Waals surface area (Å²) >= 11 is 1.85. The van der Waals surface area contributed by atoms with Gasteiger partial charge in [0.2, 0.25) is 0 Å². The number of fused-ring (bicyclic) bond motifs is 1. The maximum atomic E-state index is 4.80. The second-order valence-corrected chi connectivity index (χ2v) is 5.95. The molecule has 0 amide bonds. The number of nitrogens with zero attached hydrogens (tertiary/aromatic N) is 2. The summed E-state index contributed by atoms with van der Waals surface area (Å²) in [6, 6.07) is 4.45. The van der Waals surface area contributed by atoms with E-state index in [1.165, 1.54) is 58.8 Å². The highest BCUT2D eigenvalue weighted by Crippen LogP contribution is 2.33. The number of hydrogen-bond donors (Lipinski definition) is 0. The van der Waals surface area contributed by atoms with Crippen LogP contribution in [0.4, 0.5) is 5.13 Å². The van der Waals surface area contributed by atoms with Crippen molar-refractivity contribution in [2.24, 2.45) is 0 Å². The summed E-state index contributed by atoms with van der Waals surface area (Å²) in [7, 11) is 0. The summed E-state index contributed by atoms with van der Waals surface area (Å²) in [5.74, 6) is 0. The van der Waals surface area contributed by atoms with Crippen LogP contribution in [0.25, 0.3) is 10.2 Å². The zero-order chi connectivity index (χ0) is 11.8. The Morgan fingerprint density at radius 3 is 2.65 bits per heavy atom. The van der Waals surface area contributed by atoms with E-state index in [1.54, 1.807) is 0 Å². The summed E-state index contributed by atoms with van der Waals surface area (Å²) in [5, 5.41) is 1.22. The molecule has 3 rings (SSSR count). The first-order valence-electron chi connectivity index (χ1n) is 6.37. The number of aryl methyl sites for hydroxylation is 2. The Kier molecular flexibility index (Phi) is 2.79. The lowest BCUT2D eigenvalue weighted by Crippen LogP contribution is -2.29. The van der Waals surface area contributed by atoms with Crippen LogP contribution in [-0.4, -0.2) is 18.1 Å². The zero-order valence-corrected chi connectivity index (χ0v) is 11.3. The highest BCUT2D eigenvalue weighted by molar-refractivity contribution is 7.22. The van der Waals surface area contributed by atoms with E-state index < -0.39 is 0 Å². The van der Waals surface area contributed by atoms with Gasteiger partial charge in [-0.3, -0.25) is 0 Å². The molecule has 0 radical (unpaired) electrons. The van der Waals surface area contributed by atoms with Gasteiger partial charge in [-0.05, 0) is 50.3 Å². The lowest BCUT2D eigenvalue weighted by atomic mass is 10.1. The van der Waals surface area contributed by atoms with Crippen LogP contribution in [0.3, 0.4) is 0 Å². The highest BCUT2D eigenvalue weighted by atomic mass is 32.1. The molecule has 0 unspecified atom stereocenters. The van der Waals surface area contributed by atoms with Crippen molar-refractivity contribution in [3.63, 3.8) is 0 Å². The third-order valence-electron chi connectivity index (χ3n) is 3.44. The summed E-state index contributed by atoms with van der Waals surface area (Å²) in [6.07, 6.45) is 4.00. The third-order valence-corrected chi connectivity index (χ3v) is 4.70. The van der Waals surface area contributed by atoms with E-state index in [4.69, 9.17) is 4.98 Å². The molecule has 2 aromatic rings. The first-order chi connectivity index (χ1) is 8.24. The SMILES string of the molecule is Cc1cc(C)c2sc(N3CCCCC3)nc2c1. The Labute approximate surface area is 106 Å². The van der Waals surface area contributed by atoms with Crippen LogP contribution in [0, 0.1) is 13.8 Å². The fraction of sp³-hybridized carbons (Fsp3) is 0.500. The van der Waals surface area contributed by atoms with E-state index >= 15 is 0 Å². The quantitative estimate of drug-likeness (QED) is 0.758. The fourth-order valence-electron chi connectivity index (χ4n) is 2.59. The van der Waals surface area contributed by atoms with E-state index in [2.05, 4.69) is 30.9 Å². The summed E-state index contributed by atoms with van der Waals surface area (Å²) < 4.78 is 1.36. The molecular weight excluding hydrogens is 228 g/mol. The average molecular weight is 246 g/mol. The number of thiazole rings is 1. The minimum atomic E-state index is 1.17. The van der Waals surface area contributed by atoms with Gasteiger partial charge in [-0.25, -0.2) is 4.98 Å². The lowest BCUT2D eigenvalue weighted by Gasteiger charge is -2.25. The monoisotopic (exact) mass is 246 g/mol. The second kappa shape index (κ2) is 4.30. The van der Waals surface area contributed by atoms with Gasteiger partial charge >= 0.3 is 0 Å². The van der Waals surface area contributed by atoms with E-state index in [9.17, 15) is 0 Å². The molecule has 90 valence electrons. The molecule has 1 fully saturated rings. The van der Waals surface area contributed by atoms with Crippen LogP contribution in [0.5, 0.6) is 0 Å². The molecule has 2 heterocycles. The van der Waals surface area contributed by atoms with Gasteiger partial charge < -0.3 is 4.90 Å². The number of benzene rings is 1. The predicted molar refractivity (Wildman–Crippen MR) is 75.2 cm³/mol. The molecule has 1 aromatic heterocycles. The highest BCUT2D eigenvalue weighted by Gasteiger charge is 2.15. The van der Waals surface area contributed by atoms with Crippen molar-refractivity contribution in [2.75, 3.05) is 18.0 Å². The molecule has 0 spiro atoms. The average Bonchev–Trinajstić information content (AvgIpc) is 2.74. The molecular formula is C14H18N2S. The van der Waals surface area contributed by atoms with Crippen molar-refractivity contribution in [2.45, 2.75) is 33.1 Å². The standard InChI is InChI=1S/C14H18N2S/c1-10-8-11(2)13-12(9-10)15-14(17-13)16-6-4-3-5-7-16/h8-9H,3-7H2,1-2H3. The van der Waals surface area contributed by atoms with Gasteiger partial charge in [-0.15, -0.1) is 0 Å². The van der Waals surface area contributed by atoms with Crippen LogP contribution in [0.1, 0.15) is 30.4 Å². The largest absolute Gasteiger partial charge is 0.348 e. The molecule has 1 aliphatic rings. The van der Waals surface area contributed by atoms with Crippen LogP contribution < -0.4 is 4.90 Å². The molecule has 3 heteroatoms. The van der Waals surface area contributed by atoms with E-state index in [0.717, 1.165) is 0 Å². The van der Waals surface area contributed by atoms with Crippen molar-refractivity contribution in [3.05, 3.63) is 23.3 Å². The summed E-state index contributed by atoms with van der Waals surface area (Å²) in [4.78, 5) is 7.25. The summed E-state index contributed by atoms with van der Waals surface area (Å²) in [6.45, 7) is 6.69. The van der Waals surface area contributed by atoms with Gasteiger partial charge in [0.1, 0.15) is 0 Å². The minimum Gasteiger partial charge on any atom is -0.348 e. The first-order valence-corrected chi connectivity index (χ1v) is 7.18. The number of anilines is 1. The van der Waals surface area contributed by atoms with Crippen molar-refractivity contribution in [1.82, 2.24) is 4.98 Å². The van der Waals surface area contributed by atoms with Gasteiger partial charge in [0.25, 0.3) is 0 Å². The molecule has 1 aromatic carbocycles. The fourth-order valence-corrected chi connectivity index (χ4v) is 3.65. The third kappa shape index (κ3) is 2.04. The topological polar surface area (TPSA) is 16.1 Å². The van der Waals surface area contributed by atoms with Gasteiger partial charge in [0.05, 0.1) is 10.2 Å². The maximum Gasteiger partial charge on any atom is 0.186 e. The maximum absolute atomic E-state index is 4.80. The van der Waals surface area contributed by atoms with Gasteiger partial charge in [0.15, 0.2) is 5.13 Å². The molecule has 1 saturated heterocycles. The van der Waals surface area contributed by atoms with Crippen LogP contribution >= 0.6 is 11.3 Å². The Morgan fingerprint density at radius 2 is 1.88 bits per heavy atom. The number of rotatable bonds is 1. The molecule has 0 aliphatic carbocycles. The number of hydrogen-bond acceptors (Lipinski definition) is 3. The first kappa shape index (κ1) is 11.0. The van der Waals surface area contributed by atoms with Crippen LogP contribution in [-0.2, 0) is 0 Å². The van der Waals surface area contributed by atoms with Crippen molar-refractivity contribution >= 4 is 26.7 Å². The zero-order valence-electron chi connectivity index (χ0n) is 10.5. The van der Waals surface area contributed by atoms with E-state index in [-0.39, 0.29) is 0 Å². The number of piperidine rings is 1. The normalized spacial score (nSPS) is 16.7. The molecule has 0 N–H and O–H groups in total. The van der Waals surface area contributed by atoms with Crippen molar-refractivity contribution in [3.8, 4) is 0 Å². The Morgan fingerprint density at radius 1 is 1.12 bits per heavy atom.